The number of aromatic carboxylic acids is 1. The van der Waals surface area contributed by atoms with Crippen molar-refractivity contribution in [3.05, 3.63) is 83.3 Å². The summed E-state index contributed by atoms with van der Waals surface area (Å²) >= 11 is 0. The summed E-state index contributed by atoms with van der Waals surface area (Å²) < 4.78 is 5.28. The van der Waals surface area contributed by atoms with Crippen molar-refractivity contribution in [1.29, 1.82) is 0 Å². The van der Waals surface area contributed by atoms with Crippen LogP contribution in [0.1, 0.15) is 92.5 Å². The van der Waals surface area contributed by atoms with Crippen LogP contribution in [0.4, 0.5) is 0 Å². The third-order valence-electron chi connectivity index (χ3n) is 6.23. The molecule has 0 saturated heterocycles. The lowest BCUT2D eigenvalue weighted by atomic mass is 9.86. The Kier molecular flexibility index (Phi) is 10.2. The molecule has 42 heavy (non-hydrogen) atoms. The zero-order valence-corrected chi connectivity index (χ0v) is 24.9. The Bertz CT molecular complexity index is 1420. The van der Waals surface area contributed by atoms with Crippen LogP contribution in [0.5, 0.6) is 0 Å². The highest BCUT2D eigenvalue weighted by Crippen LogP contribution is 2.25. The molecule has 0 fully saturated rings. The number of ether oxygens (including phenoxy) is 1. The van der Waals surface area contributed by atoms with Crippen LogP contribution in [0.25, 0.3) is 11.3 Å². The van der Waals surface area contributed by atoms with Crippen LogP contribution in [0.15, 0.2) is 60.8 Å². The van der Waals surface area contributed by atoms with E-state index in [0.29, 0.717) is 22.4 Å². The predicted molar refractivity (Wildman–Crippen MR) is 158 cm³/mol. The second-order valence-electron chi connectivity index (χ2n) is 11.9. The van der Waals surface area contributed by atoms with E-state index in [1.807, 2.05) is 12.1 Å². The number of benzene rings is 2. The molecule has 0 aliphatic heterocycles. The Morgan fingerprint density at radius 1 is 0.905 bits per heavy atom. The minimum Gasteiger partial charge on any atom is -0.475 e. The molecule has 0 aliphatic rings. The first-order valence-electron chi connectivity index (χ1n) is 13.7. The predicted octanol–water partition coefficient (Wildman–Crippen LogP) is 4.85. The molecule has 2 aromatic carbocycles. The van der Waals surface area contributed by atoms with Crippen LogP contribution in [0.2, 0.25) is 0 Å². The summed E-state index contributed by atoms with van der Waals surface area (Å²) in [6.07, 6.45) is 1.32. The summed E-state index contributed by atoms with van der Waals surface area (Å²) in [7, 11) is 0. The SMILES string of the molecule is CC(C)(C)OC(=O)CCNC(=O)C[C@H](NC(=O)c1ccc(C(C)(C)C)cc1)c1ccc(-c2ccnc(C(=O)O)n2)cc1. The van der Waals surface area contributed by atoms with Gasteiger partial charge in [-0.25, -0.2) is 14.8 Å². The average Bonchev–Trinajstić information content (AvgIpc) is 2.91. The van der Waals surface area contributed by atoms with Crippen molar-refractivity contribution < 1.29 is 29.0 Å². The number of rotatable bonds is 10. The number of carbonyl (C=O) groups excluding carboxylic acids is 3. The largest absolute Gasteiger partial charge is 0.475 e. The lowest BCUT2D eigenvalue weighted by Gasteiger charge is -2.21. The van der Waals surface area contributed by atoms with Gasteiger partial charge in [-0.3, -0.25) is 14.4 Å². The second-order valence-corrected chi connectivity index (χ2v) is 11.9. The van der Waals surface area contributed by atoms with Gasteiger partial charge in [0.05, 0.1) is 24.6 Å². The third kappa shape index (κ3) is 9.50. The molecule has 1 atom stereocenters. The number of hydrogen-bond acceptors (Lipinski definition) is 7. The number of amides is 2. The van der Waals surface area contributed by atoms with Gasteiger partial charge >= 0.3 is 11.9 Å². The van der Waals surface area contributed by atoms with Gasteiger partial charge in [-0.2, -0.15) is 0 Å². The fourth-order valence-corrected chi connectivity index (χ4v) is 4.08. The second kappa shape index (κ2) is 13.4. The molecular weight excluding hydrogens is 536 g/mol. The number of nitrogens with zero attached hydrogens (tertiary/aromatic N) is 2. The van der Waals surface area contributed by atoms with E-state index in [4.69, 9.17) is 4.74 Å². The van der Waals surface area contributed by atoms with Crippen LogP contribution in [-0.4, -0.2) is 51.0 Å². The summed E-state index contributed by atoms with van der Waals surface area (Å²) in [5.41, 5.74) is 2.60. The highest BCUT2D eigenvalue weighted by Gasteiger charge is 2.22. The Hall–Kier alpha value is -4.60. The maximum absolute atomic E-state index is 13.2. The van der Waals surface area contributed by atoms with Crippen LogP contribution >= 0.6 is 0 Å². The highest BCUT2D eigenvalue weighted by molar-refractivity contribution is 5.95. The van der Waals surface area contributed by atoms with Crippen molar-refractivity contribution in [2.75, 3.05) is 6.54 Å². The summed E-state index contributed by atoms with van der Waals surface area (Å²) in [5, 5.41) is 14.9. The maximum atomic E-state index is 13.2. The zero-order chi connectivity index (χ0) is 31.1. The minimum absolute atomic E-state index is 0.0200. The molecule has 0 spiro atoms. The smallest absolute Gasteiger partial charge is 0.373 e. The lowest BCUT2D eigenvalue weighted by Crippen LogP contribution is -2.35. The molecule has 0 radical (unpaired) electrons. The molecule has 0 aliphatic carbocycles. The molecule has 0 unspecified atom stereocenters. The Balaban J connectivity index is 1.78. The van der Waals surface area contributed by atoms with E-state index in [1.54, 1.807) is 63.2 Å². The lowest BCUT2D eigenvalue weighted by molar-refractivity contribution is -0.154. The molecule has 3 aromatic rings. The Morgan fingerprint density at radius 3 is 2.12 bits per heavy atom. The van der Waals surface area contributed by atoms with Gasteiger partial charge in [0.25, 0.3) is 5.91 Å². The number of carboxylic acids is 1. The van der Waals surface area contributed by atoms with Gasteiger partial charge in [0.15, 0.2) is 0 Å². The Labute approximate surface area is 245 Å². The number of aromatic nitrogens is 2. The molecular formula is C32H38N4O6. The molecule has 10 nitrogen and oxygen atoms in total. The van der Waals surface area contributed by atoms with Crippen molar-refractivity contribution in [3.63, 3.8) is 0 Å². The van der Waals surface area contributed by atoms with E-state index in [0.717, 1.165) is 5.56 Å². The van der Waals surface area contributed by atoms with E-state index < -0.39 is 23.6 Å². The molecule has 10 heteroatoms. The quantitative estimate of drug-likeness (QED) is 0.291. The first-order valence-corrected chi connectivity index (χ1v) is 13.7. The van der Waals surface area contributed by atoms with E-state index >= 15 is 0 Å². The van der Waals surface area contributed by atoms with Crippen molar-refractivity contribution in [2.24, 2.45) is 0 Å². The van der Waals surface area contributed by atoms with E-state index in [9.17, 15) is 24.3 Å². The van der Waals surface area contributed by atoms with Gasteiger partial charge in [0.2, 0.25) is 11.7 Å². The van der Waals surface area contributed by atoms with E-state index in [1.165, 1.54) is 6.20 Å². The monoisotopic (exact) mass is 574 g/mol. The van der Waals surface area contributed by atoms with Crippen molar-refractivity contribution in [1.82, 2.24) is 20.6 Å². The van der Waals surface area contributed by atoms with Crippen LogP contribution in [-0.2, 0) is 19.7 Å². The van der Waals surface area contributed by atoms with Gasteiger partial charge in [-0.05, 0) is 55.5 Å². The molecule has 1 heterocycles. The number of carboxylic acid groups (broad SMARTS) is 1. The van der Waals surface area contributed by atoms with E-state index in [2.05, 4.69) is 41.4 Å². The summed E-state index contributed by atoms with van der Waals surface area (Å²) in [4.78, 5) is 57.2. The number of nitrogens with one attached hydrogen (secondary N) is 2. The molecule has 1 aromatic heterocycles. The van der Waals surface area contributed by atoms with Crippen LogP contribution < -0.4 is 10.6 Å². The molecule has 3 N–H and O–H groups in total. The first kappa shape index (κ1) is 31.9. The van der Waals surface area contributed by atoms with Crippen molar-refractivity contribution in [3.8, 4) is 11.3 Å². The van der Waals surface area contributed by atoms with E-state index in [-0.39, 0.29) is 42.4 Å². The molecule has 3 rings (SSSR count). The normalized spacial score (nSPS) is 12.2. The molecule has 0 bridgehead atoms. The zero-order valence-electron chi connectivity index (χ0n) is 24.9. The van der Waals surface area contributed by atoms with Crippen LogP contribution in [0.3, 0.4) is 0 Å². The summed E-state index contributed by atoms with van der Waals surface area (Å²) in [6.45, 7) is 11.7. The molecule has 222 valence electrons. The minimum atomic E-state index is -1.23. The Morgan fingerprint density at radius 2 is 1.55 bits per heavy atom. The molecule has 2 amide bonds. The standard InChI is InChI=1S/C32H38N4O6/c1-31(2,3)23-13-11-22(12-14-23)29(39)36-25(19-26(37)33-18-16-27(38)42-32(4,5)6)21-9-7-20(8-10-21)24-15-17-34-28(35-24)30(40)41/h7-15,17,25H,16,18-19H2,1-6H3,(H,33,37)(H,36,39)(H,40,41)/t25-/m0/s1. The fourth-order valence-electron chi connectivity index (χ4n) is 4.08. The highest BCUT2D eigenvalue weighted by atomic mass is 16.6. The summed E-state index contributed by atoms with van der Waals surface area (Å²) in [6, 6.07) is 15.2. The van der Waals surface area contributed by atoms with Gasteiger partial charge in [-0.1, -0.05) is 57.2 Å². The molecule has 0 saturated carbocycles. The van der Waals surface area contributed by atoms with Gasteiger partial charge in [0.1, 0.15) is 5.60 Å². The number of carbonyl (C=O) groups is 4. The summed E-state index contributed by atoms with van der Waals surface area (Å²) in [5.74, 6) is -2.66. The first-order chi connectivity index (χ1) is 19.6. The third-order valence-corrected chi connectivity index (χ3v) is 6.23. The fraction of sp³-hybridized carbons (Fsp3) is 0.375. The van der Waals surface area contributed by atoms with Gasteiger partial charge in [-0.15, -0.1) is 0 Å². The van der Waals surface area contributed by atoms with Gasteiger partial charge in [0, 0.05) is 23.9 Å². The van der Waals surface area contributed by atoms with Crippen molar-refractivity contribution in [2.45, 2.75) is 71.4 Å². The topological polar surface area (TPSA) is 148 Å². The van der Waals surface area contributed by atoms with Crippen LogP contribution in [0, 0.1) is 0 Å². The van der Waals surface area contributed by atoms with Gasteiger partial charge < -0.3 is 20.5 Å². The number of esters is 1. The maximum Gasteiger partial charge on any atom is 0.373 e. The average molecular weight is 575 g/mol. The van der Waals surface area contributed by atoms with Crippen molar-refractivity contribution >= 4 is 23.8 Å². The number of hydrogen-bond donors (Lipinski definition) is 3.